The molecule has 0 spiro atoms. The van der Waals surface area contributed by atoms with Crippen LogP contribution in [0.3, 0.4) is 0 Å². The van der Waals surface area contributed by atoms with Gasteiger partial charge in [0.25, 0.3) is 0 Å². The molecular weight excluding hydrogens is 252 g/mol. The molecule has 0 amide bonds. The molecule has 1 aliphatic rings. The molecule has 1 aromatic rings. The maximum atomic E-state index is 11.9. The van der Waals surface area contributed by atoms with Crippen LogP contribution in [-0.4, -0.2) is 17.7 Å². The van der Waals surface area contributed by atoms with Crippen molar-refractivity contribution in [3.05, 3.63) is 29.8 Å². The molecule has 110 valence electrons. The van der Waals surface area contributed by atoms with E-state index in [1.807, 2.05) is 0 Å². The predicted octanol–water partition coefficient (Wildman–Crippen LogP) is 4.01. The lowest BCUT2D eigenvalue weighted by Crippen LogP contribution is -2.24. The number of carbonyl (C=O) groups is 1. The molecule has 3 nitrogen and oxygen atoms in total. The normalized spacial score (nSPS) is 24.6. The first-order chi connectivity index (χ1) is 9.43. The van der Waals surface area contributed by atoms with E-state index in [1.54, 1.807) is 18.2 Å². The second-order valence-electron chi connectivity index (χ2n) is 6.44. The van der Waals surface area contributed by atoms with Gasteiger partial charge in [0.2, 0.25) is 0 Å². The van der Waals surface area contributed by atoms with Crippen LogP contribution in [0.4, 0.5) is 0 Å². The van der Waals surface area contributed by atoms with Gasteiger partial charge in [-0.2, -0.15) is 0 Å². The van der Waals surface area contributed by atoms with E-state index in [9.17, 15) is 9.90 Å². The van der Waals surface area contributed by atoms with Gasteiger partial charge in [-0.3, -0.25) is 0 Å². The summed E-state index contributed by atoms with van der Waals surface area (Å²) in [7, 11) is 0. The minimum atomic E-state index is -0.438. The molecule has 2 rings (SSSR count). The molecular formula is C17H24O3. The molecule has 0 aliphatic heterocycles. The smallest absolute Gasteiger partial charge is 0.341 e. The van der Waals surface area contributed by atoms with E-state index >= 15 is 0 Å². The number of phenols is 1. The molecule has 20 heavy (non-hydrogen) atoms. The first-order valence-corrected chi connectivity index (χ1v) is 7.38. The van der Waals surface area contributed by atoms with E-state index in [1.165, 1.54) is 18.9 Å². The van der Waals surface area contributed by atoms with E-state index in [4.69, 9.17) is 4.74 Å². The monoisotopic (exact) mass is 276 g/mol. The Hall–Kier alpha value is -1.51. The third-order valence-corrected chi connectivity index (χ3v) is 5.09. The fourth-order valence-electron chi connectivity index (χ4n) is 3.13. The Bertz CT molecular complexity index is 479. The molecule has 1 N–H and O–H groups in total. The molecule has 0 saturated heterocycles. The SMILES string of the molecule is C[C@H]1CC[C@H](CCOC(=O)c2ccccc2O)C1(C)C. The Morgan fingerprint density at radius 3 is 2.65 bits per heavy atom. The number of aromatic hydroxyl groups is 1. The molecule has 1 fully saturated rings. The summed E-state index contributed by atoms with van der Waals surface area (Å²) in [6, 6.07) is 6.49. The molecule has 0 bridgehead atoms. The molecule has 0 radical (unpaired) electrons. The van der Waals surface area contributed by atoms with Gasteiger partial charge in [0.05, 0.1) is 6.61 Å². The van der Waals surface area contributed by atoms with Gasteiger partial charge in [-0.05, 0) is 48.6 Å². The van der Waals surface area contributed by atoms with Crippen molar-refractivity contribution in [1.29, 1.82) is 0 Å². The zero-order chi connectivity index (χ0) is 14.8. The zero-order valence-electron chi connectivity index (χ0n) is 12.6. The van der Waals surface area contributed by atoms with E-state index < -0.39 is 5.97 Å². The van der Waals surface area contributed by atoms with Crippen LogP contribution >= 0.6 is 0 Å². The summed E-state index contributed by atoms with van der Waals surface area (Å²) in [4.78, 5) is 11.9. The van der Waals surface area contributed by atoms with Gasteiger partial charge in [0.1, 0.15) is 11.3 Å². The molecule has 0 aromatic heterocycles. The molecule has 2 atom stereocenters. The van der Waals surface area contributed by atoms with Gasteiger partial charge in [-0.1, -0.05) is 32.9 Å². The highest BCUT2D eigenvalue weighted by molar-refractivity contribution is 5.92. The van der Waals surface area contributed by atoms with Crippen LogP contribution in [0, 0.1) is 17.3 Å². The van der Waals surface area contributed by atoms with E-state index in [0.29, 0.717) is 17.9 Å². The van der Waals surface area contributed by atoms with Crippen LogP contribution in [0.25, 0.3) is 0 Å². The molecule has 0 unspecified atom stereocenters. The van der Waals surface area contributed by atoms with Crippen LogP contribution in [-0.2, 0) is 4.74 Å². The lowest BCUT2D eigenvalue weighted by Gasteiger charge is -2.31. The minimum absolute atomic E-state index is 0.0210. The zero-order valence-corrected chi connectivity index (χ0v) is 12.6. The third kappa shape index (κ3) is 2.97. The summed E-state index contributed by atoms with van der Waals surface area (Å²) in [5.74, 6) is 0.871. The van der Waals surface area contributed by atoms with E-state index in [-0.39, 0.29) is 11.3 Å². The number of esters is 1. The standard InChI is InChI=1S/C17H24O3/c1-12-8-9-13(17(12,2)3)10-11-20-16(19)14-6-4-5-7-15(14)18/h4-7,12-13,18H,8-11H2,1-3H3/t12-,13+/m0/s1. The summed E-state index contributed by atoms with van der Waals surface area (Å²) in [5, 5.41) is 9.61. The Kier molecular flexibility index (Phi) is 4.36. The summed E-state index contributed by atoms with van der Waals surface area (Å²) >= 11 is 0. The summed E-state index contributed by atoms with van der Waals surface area (Å²) in [6.45, 7) is 7.34. The highest BCUT2D eigenvalue weighted by Gasteiger charge is 2.39. The van der Waals surface area contributed by atoms with Crippen molar-refractivity contribution in [2.24, 2.45) is 17.3 Å². The molecule has 1 aliphatic carbocycles. The first-order valence-electron chi connectivity index (χ1n) is 7.38. The third-order valence-electron chi connectivity index (χ3n) is 5.09. The topological polar surface area (TPSA) is 46.5 Å². The van der Waals surface area contributed by atoms with E-state index in [0.717, 1.165) is 12.3 Å². The van der Waals surface area contributed by atoms with Crippen LogP contribution in [0.1, 0.15) is 50.4 Å². The van der Waals surface area contributed by atoms with Crippen LogP contribution < -0.4 is 0 Å². The summed E-state index contributed by atoms with van der Waals surface area (Å²) in [5.41, 5.74) is 0.563. The van der Waals surface area contributed by atoms with Crippen LogP contribution in [0.15, 0.2) is 24.3 Å². The lowest BCUT2D eigenvalue weighted by atomic mass is 9.75. The Morgan fingerprint density at radius 1 is 1.35 bits per heavy atom. The number of para-hydroxylation sites is 1. The number of rotatable bonds is 4. The van der Waals surface area contributed by atoms with Gasteiger partial charge in [-0.25, -0.2) is 4.79 Å². The number of ether oxygens (including phenoxy) is 1. The predicted molar refractivity (Wildman–Crippen MR) is 78.7 cm³/mol. The quantitative estimate of drug-likeness (QED) is 0.845. The van der Waals surface area contributed by atoms with Crippen LogP contribution in [0.2, 0.25) is 0 Å². The lowest BCUT2D eigenvalue weighted by molar-refractivity contribution is 0.0445. The second-order valence-corrected chi connectivity index (χ2v) is 6.44. The Labute approximate surface area is 121 Å². The highest BCUT2D eigenvalue weighted by atomic mass is 16.5. The number of hydrogen-bond donors (Lipinski definition) is 1. The molecule has 3 heteroatoms. The van der Waals surface area contributed by atoms with Gasteiger partial charge in [-0.15, -0.1) is 0 Å². The minimum Gasteiger partial charge on any atom is -0.507 e. The average molecular weight is 276 g/mol. The maximum absolute atomic E-state index is 11.9. The Balaban J connectivity index is 1.85. The van der Waals surface area contributed by atoms with Crippen molar-refractivity contribution in [3.8, 4) is 5.75 Å². The van der Waals surface area contributed by atoms with E-state index in [2.05, 4.69) is 20.8 Å². The fourth-order valence-corrected chi connectivity index (χ4v) is 3.13. The van der Waals surface area contributed by atoms with Crippen LogP contribution in [0.5, 0.6) is 5.75 Å². The molecule has 1 saturated carbocycles. The summed E-state index contributed by atoms with van der Waals surface area (Å²) in [6.07, 6.45) is 3.37. The molecule has 1 aromatic carbocycles. The number of hydrogen-bond acceptors (Lipinski definition) is 3. The maximum Gasteiger partial charge on any atom is 0.341 e. The first kappa shape index (κ1) is 14.9. The summed E-state index contributed by atoms with van der Waals surface area (Å²) < 4.78 is 5.30. The molecule has 0 heterocycles. The van der Waals surface area contributed by atoms with Crippen molar-refractivity contribution < 1.29 is 14.6 Å². The van der Waals surface area contributed by atoms with Crippen molar-refractivity contribution in [1.82, 2.24) is 0 Å². The second kappa shape index (κ2) is 5.86. The number of carbonyl (C=O) groups excluding carboxylic acids is 1. The fraction of sp³-hybridized carbons (Fsp3) is 0.588. The average Bonchev–Trinajstić information content (AvgIpc) is 2.65. The highest BCUT2D eigenvalue weighted by Crippen LogP contribution is 2.48. The Morgan fingerprint density at radius 2 is 2.05 bits per heavy atom. The van der Waals surface area contributed by atoms with Gasteiger partial charge >= 0.3 is 5.97 Å². The van der Waals surface area contributed by atoms with Crippen molar-refractivity contribution in [2.45, 2.75) is 40.0 Å². The van der Waals surface area contributed by atoms with Crippen molar-refractivity contribution >= 4 is 5.97 Å². The number of phenolic OH excluding ortho intramolecular Hbond substituents is 1. The van der Waals surface area contributed by atoms with Gasteiger partial charge in [0, 0.05) is 0 Å². The van der Waals surface area contributed by atoms with Gasteiger partial charge in [0.15, 0.2) is 0 Å². The largest absolute Gasteiger partial charge is 0.507 e. The van der Waals surface area contributed by atoms with Crippen molar-refractivity contribution in [3.63, 3.8) is 0 Å². The van der Waals surface area contributed by atoms with Crippen molar-refractivity contribution in [2.75, 3.05) is 6.61 Å². The number of benzene rings is 1. The van der Waals surface area contributed by atoms with Gasteiger partial charge < -0.3 is 9.84 Å².